The average molecular weight is 244 g/mol. The minimum atomic E-state index is -0.187. The van der Waals surface area contributed by atoms with Gasteiger partial charge in [-0.3, -0.25) is 4.98 Å². The molecule has 0 saturated heterocycles. The van der Waals surface area contributed by atoms with Gasteiger partial charge < -0.3 is 5.32 Å². The molecule has 3 heteroatoms. The van der Waals surface area contributed by atoms with Crippen LogP contribution in [-0.2, 0) is 6.54 Å². The maximum atomic E-state index is 13.3. The van der Waals surface area contributed by atoms with Crippen molar-refractivity contribution in [3.05, 3.63) is 53.1 Å². The SMILES string of the molecule is CNCc1cncc(-c2c(C)cc(F)cc2C)c1. The molecule has 1 N–H and O–H groups in total. The zero-order valence-corrected chi connectivity index (χ0v) is 10.9. The maximum absolute atomic E-state index is 13.3. The summed E-state index contributed by atoms with van der Waals surface area (Å²) >= 11 is 0. The number of pyridine rings is 1. The van der Waals surface area contributed by atoms with E-state index in [0.717, 1.165) is 34.4 Å². The first-order chi connectivity index (χ1) is 8.61. The van der Waals surface area contributed by atoms with Gasteiger partial charge in [-0.1, -0.05) is 0 Å². The van der Waals surface area contributed by atoms with Gasteiger partial charge >= 0.3 is 0 Å². The summed E-state index contributed by atoms with van der Waals surface area (Å²) in [4.78, 5) is 4.25. The third-order valence-corrected chi connectivity index (χ3v) is 2.96. The predicted octanol–water partition coefficient (Wildman–Crippen LogP) is 3.22. The predicted molar refractivity (Wildman–Crippen MR) is 71.9 cm³/mol. The molecule has 0 amide bonds. The molecule has 1 heterocycles. The van der Waals surface area contributed by atoms with Crippen LogP contribution in [0.5, 0.6) is 0 Å². The fourth-order valence-corrected chi connectivity index (χ4v) is 2.29. The van der Waals surface area contributed by atoms with Crippen molar-refractivity contribution < 1.29 is 4.39 Å². The largest absolute Gasteiger partial charge is 0.316 e. The zero-order chi connectivity index (χ0) is 13.1. The highest BCUT2D eigenvalue weighted by Crippen LogP contribution is 2.28. The average Bonchev–Trinajstić information content (AvgIpc) is 2.28. The lowest BCUT2D eigenvalue weighted by molar-refractivity contribution is 0.625. The van der Waals surface area contributed by atoms with Crippen LogP contribution in [-0.4, -0.2) is 12.0 Å². The number of nitrogens with one attached hydrogen (secondary N) is 1. The molecule has 18 heavy (non-hydrogen) atoms. The lowest BCUT2D eigenvalue weighted by atomic mass is 9.96. The second-order valence-electron chi connectivity index (χ2n) is 4.53. The number of aromatic nitrogens is 1. The Morgan fingerprint density at radius 2 is 1.78 bits per heavy atom. The Morgan fingerprint density at radius 1 is 1.11 bits per heavy atom. The van der Waals surface area contributed by atoms with Crippen molar-refractivity contribution in [3.8, 4) is 11.1 Å². The minimum Gasteiger partial charge on any atom is -0.316 e. The molecule has 2 rings (SSSR count). The molecule has 0 aliphatic heterocycles. The van der Waals surface area contributed by atoms with Crippen molar-refractivity contribution in [2.75, 3.05) is 7.05 Å². The molecule has 0 radical (unpaired) electrons. The third kappa shape index (κ3) is 2.57. The van der Waals surface area contributed by atoms with Gasteiger partial charge in [-0.15, -0.1) is 0 Å². The number of benzene rings is 1. The first-order valence-corrected chi connectivity index (χ1v) is 5.97. The fourth-order valence-electron chi connectivity index (χ4n) is 2.29. The van der Waals surface area contributed by atoms with Crippen LogP contribution in [0.2, 0.25) is 0 Å². The van der Waals surface area contributed by atoms with Crippen molar-refractivity contribution in [1.29, 1.82) is 0 Å². The highest BCUT2D eigenvalue weighted by molar-refractivity contribution is 5.70. The van der Waals surface area contributed by atoms with Crippen LogP contribution < -0.4 is 5.32 Å². The second-order valence-corrected chi connectivity index (χ2v) is 4.53. The third-order valence-electron chi connectivity index (χ3n) is 2.96. The first kappa shape index (κ1) is 12.7. The number of rotatable bonds is 3. The fraction of sp³-hybridized carbons (Fsp3) is 0.267. The monoisotopic (exact) mass is 244 g/mol. The van der Waals surface area contributed by atoms with Gasteiger partial charge in [-0.2, -0.15) is 0 Å². The minimum absolute atomic E-state index is 0.187. The van der Waals surface area contributed by atoms with Crippen LogP contribution in [0.4, 0.5) is 4.39 Å². The van der Waals surface area contributed by atoms with Gasteiger partial charge in [0.1, 0.15) is 5.82 Å². The number of nitrogens with zero attached hydrogens (tertiary/aromatic N) is 1. The molecule has 0 atom stereocenters. The molecule has 0 unspecified atom stereocenters. The van der Waals surface area contributed by atoms with E-state index in [9.17, 15) is 4.39 Å². The van der Waals surface area contributed by atoms with Crippen molar-refractivity contribution >= 4 is 0 Å². The molecule has 1 aromatic carbocycles. The zero-order valence-electron chi connectivity index (χ0n) is 10.9. The lowest BCUT2D eigenvalue weighted by Crippen LogP contribution is -2.05. The summed E-state index contributed by atoms with van der Waals surface area (Å²) in [5.74, 6) is -0.187. The topological polar surface area (TPSA) is 24.9 Å². The smallest absolute Gasteiger partial charge is 0.123 e. The van der Waals surface area contributed by atoms with Crippen molar-refractivity contribution in [1.82, 2.24) is 10.3 Å². The molecule has 0 fully saturated rings. The quantitative estimate of drug-likeness (QED) is 0.896. The molecule has 0 aliphatic carbocycles. The van der Waals surface area contributed by atoms with Crippen molar-refractivity contribution in [2.45, 2.75) is 20.4 Å². The van der Waals surface area contributed by atoms with Crippen LogP contribution in [0, 0.1) is 19.7 Å². The Bertz CT molecular complexity index is 541. The van der Waals surface area contributed by atoms with Crippen LogP contribution in [0.15, 0.2) is 30.6 Å². The number of hydrogen-bond donors (Lipinski definition) is 1. The Labute approximate surface area is 107 Å². The van der Waals surface area contributed by atoms with E-state index in [1.807, 2.05) is 33.3 Å². The summed E-state index contributed by atoms with van der Waals surface area (Å²) in [7, 11) is 1.90. The summed E-state index contributed by atoms with van der Waals surface area (Å²) in [5, 5.41) is 3.10. The normalized spacial score (nSPS) is 10.7. The van der Waals surface area contributed by atoms with Gasteiger partial charge in [0.25, 0.3) is 0 Å². The van der Waals surface area contributed by atoms with Gasteiger partial charge in [0.05, 0.1) is 0 Å². The van der Waals surface area contributed by atoms with Gasteiger partial charge in [0.2, 0.25) is 0 Å². The van der Waals surface area contributed by atoms with E-state index >= 15 is 0 Å². The molecule has 0 bridgehead atoms. The first-order valence-electron chi connectivity index (χ1n) is 5.97. The van der Waals surface area contributed by atoms with E-state index in [1.54, 1.807) is 12.1 Å². The molecule has 1 aromatic heterocycles. The van der Waals surface area contributed by atoms with E-state index < -0.39 is 0 Å². The lowest BCUT2D eigenvalue weighted by Gasteiger charge is -2.11. The number of halogens is 1. The summed E-state index contributed by atoms with van der Waals surface area (Å²) in [6.07, 6.45) is 3.67. The molecule has 0 spiro atoms. The van der Waals surface area contributed by atoms with E-state index in [0.29, 0.717) is 0 Å². The maximum Gasteiger partial charge on any atom is 0.123 e. The molecular weight excluding hydrogens is 227 g/mol. The van der Waals surface area contributed by atoms with Crippen LogP contribution in [0.3, 0.4) is 0 Å². The molecule has 94 valence electrons. The number of hydrogen-bond acceptors (Lipinski definition) is 2. The second kappa shape index (κ2) is 5.27. The molecule has 2 aromatic rings. The standard InChI is InChI=1S/C15H17FN2/c1-10-4-14(16)5-11(2)15(10)13-6-12(7-17-3)8-18-9-13/h4-6,8-9,17H,7H2,1-3H3. The molecule has 2 nitrogen and oxygen atoms in total. The summed E-state index contributed by atoms with van der Waals surface area (Å²) < 4.78 is 13.3. The summed E-state index contributed by atoms with van der Waals surface area (Å²) in [6, 6.07) is 5.22. The van der Waals surface area contributed by atoms with Gasteiger partial charge in [0.15, 0.2) is 0 Å². The summed E-state index contributed by atoms with van der Waals surface area (Å²) in [5.41, 5.74) is 5.12. The van der Waals surface area contributed by atoms with Gasteiger partial charge in [-0.25, -0.2) is 4.39 Å². The summed E-state index contributed by atoms with van der Waals surface area (Å²) in [6.45, 7) is 4.63. The van der Waals surface area contributed by atoms with Crippen molar-refractivity contribution in [2.24, 2.45) is 0 Å². The van der Waals surface area contributed by atoms with E-state index in [-0.39, 0.29) is 5.82 Å². The van der Waals surface area contributed by atoms with Crippen LogP contribution >= 0.6 is 0 Å². The van der Waals surface area contributed by atoms with Crippen LogP contribution in [0.1, 0.15) is 16.7 Å². The molecule has 0 aliphatic rings. The Kier molecular flexibility index (Phi) is 3.72. The highest BCUT2D eigenvalue weighted by atomic mass is 19.1. The van der Waals surface area contributed by atoms with E-state index in [2.05, 4.69) is 16.4 Å². The van der Waals surface area contributed by atoms with E-state index in [1.165, 1.54) is 0 Å². The van der Waals surface area contributed by atoms with Crippen LogP contribution in [0.25, 0.3) is 11.1 Å². The Morgan fingerprint density at radius 3 is 2.39 bits per heavy atom. The molecular formula is C15H17FN2. The van der Waals surface area contributed by atoms with E-state index in [4.69, 9.17) is 0 Å². The van der Waals surface area contributed by atoms with Gasteiger partial charge in [-0.05, 0) is 61.3 Å². The Balaban J connectivity index is 2.51. The number of aryl methyl sites for hydroxylation is 2. The van der Waals surface area contributed by atoms with Crippen molar-refractivity contribution in [3.63, 3.8) is 0 Å². The van der Waals surface area contributed by atoms with Gasteiger partial charge in [0, 0.05) is 24.5 Å². The molecule has 0 saturated carbocycles. The highest BCUT2D eigenvalue weighted by Gasteiger charge is 2.08. The Hall–Kier alpha value is -1.74.